The first-order valence-corrected chi connectivity index (χ1v) is 9.05. The second-order valence-electron chi connectivity index (χ2n) is 7.52. The number of aliphatic hydroxyl groups is 1. The number of para-hydroxylation sites is 1. The highest BCUT2D eigenvalue weighted by Crippen LogP contribution is 2.47. The average molecular weight is 328 g/mol. The van der Waals surface area contributed by atoms with Crippen molar-refractivity contribution in [1.82, 2.24) is 9.88 Å². The third-order valence-electron chi connectivity index (χ3n) is 6.40. The molecule has 24 heavy (non-hydrogen) atoms. The highest BCUT2D eigenvalue weighted by molar-refractivity contribution is 5.85. The van der Waals surface area contributed by atoms with E-state index in [4.69, 9.17) is 4.74 Å². The molecule has 4 nitrogen and oxygen atoms in total. The molecule has 1 aromatic carbocycles. The lowest BCUT2D eigenvalue weighted by molar-refractivity contribution is -0.0268. The van der Waals surface area contributed by atoms with Crippen molar-refractivity contribution in [1.29, 1.82) is 0 Å². The molecule has 4 atom stereocenters. The third kappa shape index (κ3) is 1.99. The number of benzene rings is 1. The van der Waals surface area contributed by atoms with Gasteiger partial charge in [-0.2, -0.15) is 0 Å². The number of fused-ring (bicyclic) bond motifs is 6. The highest BCUT2D eigenvalue weighted by Gasteiger charge is 2.44. The van der Waals surface area contributed by atoms with E-state index in [0.29, 0.717) is 17.9 Å². The zero-order valence-electron chi connectivity index (χ0n) is 14.0. The van der Waals surface area contributed by atoms with Gasteiger partial charge in [0, 0.05) is 38.5 Å². The maximum Gasteiger partial charge on any atom is 0.0996 e. The van der Waals surface area contributed by atoms with E-state index in [2.05, 4.69) is 41.1 Å². The van der Waals surface area contributed by atoms with Crippen LogP contribution in [0.3, 0.4) is 0 Å². The number of nitrogens with zero attached hydrogens (tertiary/aromatic N) is 1. The lowest BCUT2D eigenvalue weighted by Gasteiger charge is -2.49. The fourth-order valence-electron chi connectivity index (χ4n) is 5.11. The standard InChI is InChI=1S/C20H24N2O2.2H2/c1-12-17-9-22-7-6-15-14-4-2-3-5-18(14)21-20(15)19(22)8-16(17)13(10-23)11-24-12;;/h2-5,11-12,16-17,19,21,23H,6-10H2,1H3;2*1H/t12-,16?,17+,19?;;/m0../s1. The molecule has 1 aromatic heterocycles. The van der Waals surface area contributed by atoms with E-state index in [9.17, 15) is 5.11 Å². The fraction of sp³-hybridized carbons (Fsp3) is 0.500. The Morgan fingerprint density at radius 1 is 1.38 bits per heavy atom. The zero-order valence-corrected chi connectivity index (χ0v) is 14.0. The van der Waals surface area contributed by atoms with Crippen molar-refractivity contribution in [2.24, 2.45) is 11.8 Å². The van der Waals surface area contributed by atoms with E-state index in [-0.39, 0.29) is 15.6 Å². The molecule has 1 fully saturated rings. The minimum Gasteiger partial charge on any atom is -0.498 e. The summed E-state index contributed by atoms with van der Waals surface area (Å²) in [6, 6.07) is 9.08. The number of aromatic amines is 1. The van der Waals surface area contributed by atoms with Crippen LogP contribution >= 0.6 is 0 Å². The zero-order chi connectivity index (χ0) is 16.3. The topological polar surface area (TPSA) is 48.5 Å². The van der Waals surface area contributed by atoms with Gasteiger partial charge in [-0.25, -0.2) is 0 Å². The molecule has 5 rings (SSSR count). The first-order valence-electron chi connectivity index (χ1n) is 9.05. The third-order valence-corrected chi connectivity index (χ3v) is 6.40. The summed E-state index contributed by atoms with van der Waals surface area (Å²) in [7, 11) is 0. The van der Waals surface area contributed by atoms with E-state index in [1.54, 1.807) is 0 Å². The van der Waals surface area contributed by atoms with Crippen molar-refractivity contribution < 1.29 is 12.7 Å². The van der Waals surface area contributed by atoms with Crippen molar-refractivity contribution >= 4 is 10.9 Å². The number of aromatic nitrogens is 1. The van der Waals surface area contributed by atoms with Crippen LogP contribution in [0.1, 0.15) is 33.5 Å². The van der Waals surface area contributed by atoms with Crippen LogP contribution in [-0.2, 0) is 11.2 Å². The van der Waals surface area contributed by atoms with Gasteiger partial charge in [0.05, 0.1) is 25.0 Å². The van der Waals surface area contributed by atoms with Gasteiger partial charge in [-0.05, 0) is 42.9 Å². The highest BCUT2D eigenvalue weighted by atomic mass is 16.5. The molecule has 2 unspecified atom stereocenters. The lowest BCUT2D eigenvalue weighted by Crippen LogP contribution is -2.51. The van der Waals surface area contributed by atoms with Crippen molar-refractivity contribution in [2.45, 2.75) is 31.9 Å². The van der Waals surface area contributed by atoms with Crippen LogP contribution in [0.15, 0.2) is 36.1 Å². The largest absolute Gasteiger partial charge is 0.498 e. The van der Waals surface area contributed by atoms with E-state index in [1.165, 1.54) is 22.2 Å². The molecule has 4 heteroatoms. The van der Waals surface area contributed by atoms with Crippen LogP contribution < -0.4 is 0 Å². The fourth-order valence-corrected chi connectivity index (χ4v) is 5.11. The second kappa shape index (κ2) is 5.36. The molecule has 3 aliphatic heterocycles. The van der Waals surface area contributed by atoms with Crippen molar-refractivity contribution in [2.75, 3.05) is 19.7 Å². The molecule has 3 aliphatic rings. The molecular formula is C20H28N2O2. The van der Waals surface area contributed by atoms with Crippen LogP contribution in [0.5, 0.6) is 0 Å². The summed E-state index contributed by atoms with van der Waals surface area (Å²) in [6.45, 7) is 4.46. The molecule has 1 saturated heterocycles. The van der Waals surface area contributed by atoms with Gasteiger partial charge in [-0.3, -0.25) is 4.90 Å². The van der Waals surface area contributed by atoms with E-state index in [1.807, 2.05) is 6.26 Å². The molecule has 0 amide bonds. The Bertz CT molecular complexity index is 819. The van der Waals surface area contributed by atoms with Gasteiger partial charge < -0.3 is 14.8 Å². The predicted octanol–water partition coefficient (Wildman–Crippen LogP) is 3.49. The Morgan fingerprint density at radius 2 is 2.25 bits per heavy atom. The Balaban J connectivity index is 0.000000980. The van der Waals surface area contributed by atoms with Crippen molar-refractivity contribution in [3.8, 4) is 0 Å². The van der Waals surface area contributed by atoms with Crippen LogP contribution in [0.25, 0.3) is 10.9 Å². The number of nitrogens with one attached hydrogen (secondary N) is 1. The van der Waals surface area contributed by atoms with Gasteiger partial charge >= 0.3 is 0 Å². The molecule has 0 aliphatic carbocycles. The van der Waals surface area contributed by atoms with Gasteiger partial charge in [0.25, 0.3) is 0 Å². The summed E-state index contributed by atoms with van der Waals surface area (Å²) in [5.74, 6) is 0.914. The first-order chi connectivity index (χ1) is 11.8. The monoisotopic (exact) mass is 328 g/mol. The number of hydrogen-bond donors (Lipinski definition) is 2. The van der Waals surface area contributed by atoms with Crippen molar-refractivity contribution in [3.63, 3.8) is 0 Å². The van der Waals surface area contributed by atoms with Gasteiger partial charge in [0.2, 0.25) is 0 Å². The molecule has 0 bridgehead atoms. The molecule has 0 saturated carbocycles. The predicted molar refractivity (Wildman–Crippen MR) is 97.9 cm³/mol. The van der Waals surface area contributed by atoms with Gasteiger partial charge in [-0.15, -0.1) is 0 Å². The SMILES string of the molecule is C[C@@H]1OC=C(CO)C2CC3c4[nH]c5ccccc5c4CCN3C[C@@H]21.[HH].[HH]. The maximum atomic E-state index is 9.75. The quantitative estimate of drug-likeness (QED) is 0.842. The van der Waals surface area contributed by atoms with Gasteiger partial charge in [-0.1, -0.05) is 18.2 Å². The summed E-state index contributed by atoms with van der Waals surface area (Å²) in [4.78, 5) is 6.32. The van der Waals surface area contributed by atoms with Crippen LogP contribution in [0.2, 0.25) is 0 Å². The first kappa shape index (κ1) is 14.6. The molecule has 2 N–H and O–H groups in total. The molecule has 0 radical (unpaired) electrons. The number of aliphatic hydroxyl groups excluding tert-OH is 1. The molecule has 2 aromatic rings. The Hall–Kier alpha value is -1.78. The molecule has 4 heterocycles. The van der Waals surface area contributed by atoms with E-state index >= 15 is 0 Å². The summed E-state index contributed by atoms with van der Waals surface area (Å²) in [5.41, 5.74) is 5.22. The van der Waals surface area contributed by atoms with Crippen LogP contribution in [-0.4, -0.2) is 40.8 Å². The van der Waals surface area contributed by atoms with E-state index < -0.39 is 0 Å². The molecular weight excluding hydrogens is 300 g/mol. The smallest absolute Gasteiger partial charge is 0.0996 e. The Labute approximate surface area is 145 Å². The Kier molecular flexibility index (Phi) is 3.25. The van der Waals surface area contributed by atoms with Gasteiger partial charge in [0.1, 0.15) is 0 Å². The summed E-state index contributed by atoms with van der Waals surface area (Å²) >= 11 is 0. The minimum atomic E-state index is 0. The van der Waals surface area contributed by atoms with Crippen LogP contribution in [0.4, 0.5) is 0 Å². The second-order valence-corrected chi connectivity index (χ2v) is 7.52. The maximum absolute atomic E-state index is 9.75. The van der Waals surface area contributed by atoms with Crippen LogP contribution in [0, 0.1) is 11.8 Å². The number of rotatable bonds is 1. The molecule has 130 valence electrons. The summed E-state index contributed by atoms with van der Waals surface area (Å²) in [5, 5.41) is 11.1. The van der Waals surface area contributed by atoms with E-state index in [0.717, 1.165) is 31.5 Å². The summed E-state index contributed by atoms with van der Waals surface area (Å²) in [6.07, 6.45) is 4.24. The number of H-pyrrole nitrogens is 1. The molecule has 0 spiro atoms. The normalized spacial score (nSPS) is 32.5. The average Bonchev–Trinajstić information content (AvgIpc) is 3.00. The minimum absolute atomic E-state index is 0. The number of piperidine rings is 1. The number of hydrogen-bond acceptors (Lipinski definition) is 3. The summed E-state index contributed by atoms with van der Waals surface area (Å²) < 4.78 is 5.79. The lowest BCUT2D eigenvalue weighted by atomic mass is 9.72. The van der Waals surface area contributed by atoms with Crippen molar-refractivity contribution in [3.05, 3.63) is 47.4 Å². The number of ether oxygens (including phenoxy) is 1. The van der Waals surface area contributed by atoms with Gasteiger partial charge in [0.15, 0.2) is 0 Å². The Morgan fingerprint density at radius 3 is 3.12 bits per heavy atom.